The molecule has 0 aliphatic carbocycles. The fourth-order valence-corrected chi connectivity index (χ4v) is 3.54. The highest BCUT2D eigenvalue weighted by molar-refractivity contribution is 9.10. The number of imide groups is 1. The second-order valence-electron chi connectivity index (χ2n) is 5.06. The zero-order chi connectivity index (χ0) is 18.2. The van der Waals surface area contributed by atoms with Gasteiger partial charge in [0, 0.05) is 31.2 Å². The monoisotopic (exact) mass is 443 g/mol. The summed E-state index contributed by atoms with van der Waals surface area (Å²) < 4.78 is 5.83. The first-order valence-corrected chi connectivity index (χ1v) is 9.54. The minimum Gasteiger partial charge on any atom is -0.383 e. The second-order valence-corrected chi connectivity index (χ2v) is 7.38. The molecule has 134 valence electrons. The summed E-state index contributed by atoms with van der Waals surface area (Å²) in [4.78, 5) is 26.1. The zero-order valence-electron chi connectivity index (χ0n) is 13.6. The van der Waals surface area contributed by atoms with Crippen molar-refractivity contribution < 1.29 is 14.3 Å². The number of thioether (sulfide) groups is 1. The van der Waals surface area contributed by atoms with E-state index in [1.165, 1.54) is 4.90 Å². The molecule has 0 spiro atoms. The van der Waals surface area contributed by atoms with Crippen molar-refractivity contribution in [2.45, 2.75) is 0 Å². The molecule has 1 saturated heterocycles. The number of ether oxygens (including phenoxy) is 1. The van der Waals surface area contributed by atoms with Crippen LogP contribution in [0, 0.1) is 0 Å². The van der Waals surface area contributed by atoms with E-state index in [0.29, 0.717) is 29.7 Å². The molecular weight excluding hydrogens is 426 g/mol. The zero-order valence-corrected chi connectivity index (χ0v) is 16.8. The third kappa shape index (κ3) is 6.10. The number of thiocarbonyl (C=S) groups is 1. The topological polar surface area (TPSA) is 70.7 Å². The summed E-state index contributed by atoms with van der Waals surface area (Å²) >= 11 is 9.44. The Morgan fingerprint density at radius 1 is 1.36 bits per heavy atom. The van der Waals surface area contributed by atoms with Gasteiger partial charge in [0.05, 0.1) is 11.5 Å². The Balaban J connectivity index is 1.87. The van der Waals surface area contributed by atoms with Crippen LogP contribution in [-0.2, 0) is 9.53 Å². The maximum atomic E-state index is 12.4. The van der Waals surface area contributed by atoms with Crippen LogP contribution in [0.1, 0.15) is 5.56 Å². The molecule has 1 aliphatic rings. The standard InChI is InChI=1S/C16H18BrN3O3S2/c1-23-8-6-19-15(24)18-5-7-20-14(21)13(25-16(20)22)10-11-3-2-4-12(17)9-11/h2-4,9-10H,5-8H2,1H3,(H2,18,19,24)/b13-10-. The molecule has 2 N–H and O–H groups in total. The fraction of sp³-hybridized carbons (Fsp3) is 0.312. The van der Waals surface area contributed by atoms with E-state index in [-0.39, 0.29) is 17.7 Å². The molecule has 2 amide bonds. The van der Waals surface area contributed by atoms with E-state index in [1.807, 2.05) is 24.3 Å². The van der Waals surface area contributed by atoms with Crippen molar-refractivity contribution in [3.05, 3.63) is 39.2 Å². The highest BCUT2D eigenvalue weighted by atomic mass is 79.9. The smallest absolute Gasteiger partial charge is 0.293 e. The van der Waals surface area contributed by atoms with E-state index in [1.54, 1.807) is 13.2 Å². The summed E-state index contributed by atoms with van der Waals surface area (Å²) in [6.07, 6.45) is 1.72. The molecule has 25 heavy (non-hydrogen) atoms. The maximum Gasteiger partial charge on any atom is 0.293 e. The molecule has 0 unspecified atom stereocenters. The van der Waals surface area contributed by atoms with Crippen molar-refractivity contribution in [1.82, 2.24) is 15.5 Å². The first-order valence-electron chi connectivity index (χ1n) is 7.53. The third-order valence-corrected chi connectivity index (χ3v) is 4.92. The Morgan fingerprint density at radius 3 is 2.84 bits per heavy atom. The minimum atomic E-state index is -0.282. The number of benzene rings is 1. The van der Waals surface area contributed by atoms with Crippen molar-refractivity contribution in [3.8, 4) is 0 Å². The van der Waals surface area contributed by atoms with Crippen molar-refractivity contribution in [1.29, 1.82) is 0 Å². The van der Waals surface area contributed by atoms with Gasteiger partial charge in [-0.2, -0.15) is 0 Å². The normalized spacial score (nSPS) is 15.8. The summed E-state index contributed by atoms with van der Waals surface area (Å²) in [5.74, 6) is -0.282. The molecule has 0 atom stereocenters. The predicted octanol–water partition coefficient (Wildman–Crippen LogP) is 2.60. The van der Waals surface area contributed by atoms with Crippen LogP contribution in [0.15, 0.2) is 33.6 Å². The molecule has 1 aromatic rings. The van der Waals surface area contributed by atoms with Crippen LogP contribution in [0.2, 0.25) is 0 Å². The molecule has 0 bridgehead atoms. The van der Waals surface area contributed by atoms with Gasteiger partial charge in [-0.15, -0.1) is 0 Å². The highest BCUT2D eigenvalue weighted by Gasteiger charge is 2.34. The van der Waals surface area contributed by atoms with Crippen LogP contribution in [0.5, 0.6) is 0 Å². The van der Waals surface area contributed by atoms with Crippen LogP contribution >= 0.6 is 39.9 Å². The van der Waals surface area contributed by atoms with Gasteiger partial charge in [0.25, 0.3) is 11.1 Å². The van der Waals surface area contributed by atoms with Crippen molar-refractivity contribution in [2.75, 3.05) is 33.4 Å². The lowest BCUT2D eigenvalue weighted by Crippen LogP contribution is -2.42. The Kier molecular flexibility index (Phi) is 7.89. The number of nitrogens with one attached hydrogen (secondary N) is 2. The number of methoxy groups -OCH3 is 1. The highest BCUT2D eigenvalue weighted by Crippen LogP contribution is 2.32. The van der Waals surface area contributed by atoms with Gasteiger partial charge in [-0.25, -0.2) is 0 Å². The van der Waals surface area contributed by atoms with Gasteiger partial charge in [0.2, 0.25) is 0 Å². The van der Waals surface area contributed by atoms with Crippen LogP contribution in [0.25, 0.3) is 6.08 Å². The number of carbonyl (C=O) groups is 2. The predicted molar refractivity (Wildman–Crippen MR) is 107 cm³/mol. The third-order valence-electron chi connectivity index (χ3n) is 3.23. The van der Waals surface area contributed by atoms with Gasteiger partial charge in [0.1, 0.15) is 0 Å². The first kappa shape index (κ1) is 19.9. The molecule has 0 aromatic heterocycles. The minimum absolute atomic E-state index is 0.257. The molecule has 6 nitrogen and oxygen atoms in total. The van der Waals surface area contributed by atoms with Crippen LogP contribution in [0.4, 0.5) is 4.79 Å². The Hall–Kier alpha value is -1.42. The molecule has 0 radical (unpaired) electrons. The average Bonchev–Trinajstić information content (AvgIpc) is 2.82. The summed E-state index contributed by atoms with van der Waals surface area (Å²) in [7, 11) is 1.61. The second kappa shape index (κ2) is 9.91. The van der Waals surface area contributed by atoms with Gasteiger partial charge in [-0.1, -0.05) is 28.1 Å². The number of hydrogen-bond donors (Lipinski definition) is 2. The van der Waals surface area contributed by atoms with Crippen LogP contribution < -0.4 is 10.6 Å². The summed E-state index contributed by atoms with van der Waals surface area (Å²) in [5.41, 5.74) is 0.863. The SMILES string of the molecule is COCCNC(=S)NCCN1C(=O)S/C(=C\c2cccc(Br)c2)C1=O. The van der Waals surface area contributed by atoms with Crippen molar-refractivity contribution >= 4 is 62.2 Å². The molecule has 0 saturated carbocycles. The number of hydrogen-bond acceptors (Lipinski definition) is 5. The summed E-state index contributed by atoms with van der Waals surface area (Å²) in [6, 6.07) is 7.55. The number of amides is 2. The lowest BCUT2D eigenvalue weighted by molar-refractivity contribution is -0.122. The van der Waals surface area contributed by atoms with Crippen LogP contribution in [-0.4, -0.2) is 54.5 Å². The molecule has 1 fully saturated rings. The number of nitrogens with zero attached hydrogens (tertiary/aromatic N) is 1. The van der Waals surface area contributed by atoms with Gasteiger partial charge in [0.15, 0.2) is 5.11 Å². The van der Waals surface area contributed by atoms with Gasteiger partial charge < -0.3 is 15.4 Å². The van der Waals surface area contributed by atoms with E-state index in [0.717, 1.165) is 21.8 Å². The van der Waals surface area contributed by atoms with Gasteiger partial charge >= 0.3 is 0 Å². The molecule has 1 aromatic carbocycles. The first-order chi connectivity index (χ1) is 12.0. The van der Waals surface area contributed by atoms with Crippen molar-refractivity contribution in [2.24, 2.45) is 0 Å². The lowest BCUT2D eigenvalue weighted by atomic mass is 10.2. The van der Waals surface area contributed by atoms with E-state index in [4.69, 9.17) is 17.0 Å². The Morgan fingerprint density at radius 2 is 2.12 bits per heavy atom. The molecule has 2 rings (SSSR count). The van der Waals surface area contributed by atoms with E-state index in [2.05, 4.69) is 26.6 Å². The maximum absolute atomic E-state index is 12.4. The molecule has 9 heteroatoms. The Bertz CT molecular complexity index is 697. The molecule has 1 aliphatic heterocycles. The van der Waals surface area contributed by atoms with E-state index in [9.17, 15) is 9.59 Å². The van der Waals surface area contributed by atoms with Gasteiger partial charge in [-0.05, 0) is 47.8 Å². The van der Waals surface area contributed by atoms with Crippen LogP contribution in [0.3, 0.4) is 0 Å². The number of halogens is 1. The molecule has 1 heterocycles. The van der Waals surface area contributed by atoms with E-state index >= 15 is 0 Å². The molecular formula is C16H18BrN3O3S2. The Labute approximate surface area is 164 Å². The van der Waals surface area contributed by atoms with Crippen molar-refractivity contribution in [3.63, 3.8) is 0 Å². The lowest BCUT2D eigenvalue weighted by Gasteiger charge is -2.14. The summed E-state index contributed by atoms with van der Waals surface area (Å²) in [6.45, 7) is 1.79. The largest absolute Gasteiger partial charge is 0.383 e. The van der Waals surface area contributed by atoms with Gasteiger partial charge in [-0.3, -0.25) is 14.5 Å². The van der Waals surface area contributed by atoms with E-state index < -0.39 is 0 Å². The number of carbonyl (C=O) groups excluding carboxylic acids is 2. The average molecular weight is 444 g/mol. The quantitative estimate of drug-likeness (QED) is 0.381. The number of rotatable bonds is 7. The summed E-state index contributed by atoms with van der Waals surface area (Å²) in [5, 5.41) is 6.12. The fourth-order valence-electron chi connectivity index (χ4n) is 2.05.